The molecule has 16 rings (SSSR count). The van der Waals surface area contributed by atoms with E-state index in [9.17, 15) is 0 Å². The molecule has 0 spiro atoms. The van der Waals surface area contributed by atoms with E-state index in [4.69, 9.17) is 54.2 Å². The summed E-state index contributed by atoms with van der Waals surface area (Å²) in [6.45, 7) is 8.13. The van der Waals surface area contributed by atoms with E-state index in [1.54, 1.807) is 0 Å². The highest BCUT2D eigenvalue weighted by atomic mass is 35.5. The van der Waals surface area contributed by atoms with Crippen molar-refractivity contribution in [2.45, 2.75) is 34.1 Å². The Hall–Kier alpha value is -12.7. The van der Waals surface area contributed by atoms with E-state index in [0.29, 0.717) is 69.5 Å². The van der Waals surface area contributed by atoms with Crippen LogP contribution in [0.15, 0.2) is 309 Å². The average molecular weight is 1340 g/mol. The molecule has 0 saturated heterocycles. The predicted molar refractivity (Wildman–Crippen MR) is 407 cm³/mol. The van der Waals surface area contributed by atoms with Crippen LogP contribution in [0.5, 0.6) is 103 Å². The van der Waals surface area contributed by atoms with E-state index >= 15 is 0 Å². The van der Waals surface area contributed by atoms with Crippen molar-refractivity contribution in [2.75, 3.05) is 0 Å². The molecule has 16 aromatic rings. The zero-order valence-electron chi connectivity index (χ0n) is 55.7. The predicted octanol–water partition coefficient (Wildman–Crippen LogP) is 27.4. The van der Waals surface area contributed by atoms with Gasteiger partial charge in [-0.2, -0.15) is 0 Å². The minimum atomic E-state index is 0.0212. The summed E-state index contributed by atoms with van der Waals surface area (Å²) >= 11 is 8.62. The van der Waals surface area contributed by atoms with Crippen LogP contribution in [0.2, 0.25) is 5.02 Å². The molecule has 0 saturated carbocycles. The molecule has 0 heterocycles. The first-order chi connectivity index (χ1) is 49.7. The Morgan fingerprint density at radius 1 is 0.238 bits per heavy atom. The second-order valence-corrected chi connectivity index (χ2v) is 25.0. The summed E-state index contributed by atoms with van der Waals surface area (Å²) in [6.07, 6.45) is 0.347. The van der Waals surface area contributed by atoms with E-state index in [2.05, 4.69) is 73.7 Å². The molecule has 0 radical (unpaired) electrons. The summed E-state index contributed by atoms with van der Waals surface area (Å²) in [4.78, 5) is 0. The van der Waals surface area contributed by atoms with Crippen molar-refractivity contribution < 1.29 is 42.6 Å². The van der Waals surface area contributed by atoms with Gasteiger partial charge in [0, 0.05) is 21.7 Å². The van der Waals surface area contributed by atoms with Gasteiger partial charge in [-0.3, -0.25) is 0 Å². The third kappa shape index (κ3) is 12.5. The van der Waals surface area contributed by atoms with Crippen LogP contribution >= 0.6 is 11.6 Å². The summed E-state index contributed by atoms with van der Waals surface area (Å²) in [5, 5.41) is 9.37. The van der Waals surface area contributed by atoms with Gasteiger partial charge in [0.25, 0.3) is 0 Å². The van der Waals surface area contributed by atoms with Crippen LogP contribution in [0.4, 0.5) is 0 Å². The molecule has 0 fully saturated rings. The lowest BCUT2D eigenvalue weighted by Gasteiger charge is -2.29. The minimum absolute atomic E-state index is 0.0212. The van der Waals surface area contributed by atoms with Crippen molar-refractivity contribution in [1.82, 2.24) is 0 Å². The van der Waals surface area contributed by atoms with Crippen molar-refractivity contribution in [1.29, 1.82) is 0 Å². The lowest BCUT2D eigenvalue weighted by molar-refractivity contribution is 0.350. The topological polar surface area (TPSA) is 83.1 Å². The molecule has 0 unspecified atom stereocenters. The Morgan fingerprint density at radius 2 is 0.634 bits per heavy atom. The van der Waals surface area contributed by atoms with E-state index in [1.165, 1.54) is 0 Å². The number of rotatable bonds is 20. The van der Waals surface area contributed by atoms with Crippen LogP contribution < -0.4 is 42.6 Å². The number of halogens is 1. The molecule has 101 heavy (non-hydrogen) atoms. The van der Waals surface area contributed by atoms with Gasteiger partial charge in [0.1, 0.15) is 46.0 Å². The summed E-state index contributed by atoms with van der Waals surface area (Å²) < 4.78 is 68.8. The molecular formula is C91H65ClO9. The van der Waals surface area contributed by atoms with E-state index in [-0.39, 0.29) is 62.1 Å². The molecule has 0 aliphatic rings. The first kappa shape index (κ1) is 63.1. The standard InChI is InChI=1S/C91H65ClO9/c1-5-68-84(94-66-39-11-7-12-40-66)83(92)81(86(96-74-46-22-15-29-58(74)3)85(68)97-75-49-25-30-57(2)59(75)4)82-87(95-67-41-13-8-14-42-67)89(98-76-50-26-35-60-31-19-21-44-70(60)76)91(100-78-51-27-36-64-55-62-33-16-17-34-63(62)56-73(64)78)90(88(82)101-80-48-24-23-47-79(80)93-65-37-9-6-10-38-65)99-77-52-28-45-71-69-43-20-18-32-61(69)53-54-72(71)77/h6-56H,5H2,1-4H3. The zero-order chi connectivity index (χ0) is 68.3. The Morgan fingerprint density at radius 3 is 1.29 bits per heavy atom. The van der Waals surface area contributed by atoms with Crippen LogP contribution in [0, 0.1) is 20.8 Å². The number of ether oxygens (including phenoxy) is 9. The number of fused-ring (bicyclic) bond motifs is 6. The highest BCUT2D eigenvalue weighted by molar-refractivity contribution is 6.36. The highest BCUT2D eigenvalue weighted by Crippen LogP contribution is 2.67. The largest absolute Gasteiger partial charge is 0.455 e. The molecule has 0 amide bonds. The third-order valence-corrected chi connectivity index (χ3v) is 18.5. The number of hydrogen-bond donors (Lipinski definition) is 0. The van der Waals surface area contributed by atoms with Crippen LogP contribution in [-0.4, -0.2) is 0 Å². The molecule has 10 heteroatoms. The second kappa shape index (κ2) is 27.7. The maximum absolute atomic E-state index is 8.62. The Balaban J connectivity index is 1.13. The lowest BCUT2D eigenvalue weighted by atomic mass is 9.95. The third-order valence-electron chi connectivity index (χ3n) is 18.2. The molecule has 9 nitrogen and oxygen atoms in total. The Kier molecular flexibility index (Phi) is 17.3. The molecule has 0 atom stereocenters. The van der Waals surface area contributed by atoms with Gasteiger partial charge in [0.05, 0.1) is 16.1 Å². The maximum atomic E-state index is 8.62. The summed E-state index contributed by atoms with van der Waals surface area (Å²) in [6, 6.07) is 101. The van der Waals surface area contributed by atoms with Gasteiger partial charge in [0.2, 0.25) is 17.2 Å². The molecule has 0 aromatic heterocycles. The fourth-order valence-electron chi connectivity index (χ4n) is 12.9. The summed E-state index contributed by atoms with van der Waals surface area (Å²) in [7, 11) is 0. The second-order valence-electron chi connectivity index (χ2n) is 24.6. The minimum Gasteiger partial charge on any atom is -0.455 e. The fourth-order valence-corrected chi connectivity index (χ4v) is 13.3. The van der Waals surface area contributed by atoms with Gasteiger partial charge in [-0.05, 0) is 179 Å². The van der Waals surface area contributed by atoms with Crippen molar-refractivity contribution in [2.24, 2.45) is 0 Å². The van der Waals surface area contributed by atoms with Gasteiger partial charge < -0.3 is 42.6 Å². The Bertz CT molecular complexity index is 5800. The smallest absolute Gasteiger partial charge is 0.220 e. The zero-order valence-corrected chi connectivity index (χ0v) is 56.5. The summed E-state index contributed by atoms with van der Waals surface area (Å²) in [5.74, 6) is 5.45. The maximum Gasteiger partial charge on any atom is 0.220 e. The number of benzene rings is 16. The SMILES string of the molecule is CCc1c(Oc2ccccc2)c(Cl)c(-c2c(Oc3ccccc3)c(Oc3cccc4ccccc34)c(Oc3cccc4cc5ccccc5cc34)c(Oc3cccc4c3ccc3ccccc34)c2Oc2ccccc2Oc2ccccc2)c(Oc2ccccc2C)c1Oc1cccc(C)c1C. The monoisotopic (exact) mass is 1340 g/mol. The van der Waals surface area contributed by atoms with Crippen LogP contribution in [0.1, 0.15) is 29.2 Å². The van der Waals surface area contributed by atoms with Crippen LogP contribution in [-0.2, 0) is 6.42 Å². The first-order valence-electron chi connectivity index (χ1n) is 33.6. The van der Waals surface area contributed by atoms with Gasteiger partial charge in [-0.15, -0.1) is 0 Å². The van der Waals surface area contributed by atoms with E-state index in [0.717, 1.165) is 70.6 Å². The molecular weight excluding hydrogens is 1270 g/mol. The molecule has 16 aromatic carbocycles. The molecule has 490 valence electrons. The highest BCUT2D eigenvalue weighted by Gasteiger charge is 2.40. The van der Waals surface area contributed by atoms with Crippen molar-refractivity contribution >= 4 is 65.5 Å². The van der Waals surface area contributed by atoms with Crippen molar-refractivity contribution in [3.63, 3.8) is 0 Å². The first-order valence-corrected chi connectivity index (χ1v) is 34.0. The summed E-state index contributed by atoms with van der Waals surface area (Å²) in [5.41, 5.74) is 3.68. The van der Waals surface area contributed by atoms with Crippen molar-refractivity contribution in [3.8, 4) is 115 Å². The van der Waals surface area contributed by atoms with Crippen LogP contribution in [0.25, 0.3) is 65.0 Å². The number of hydrogen-bond acceptors (Lipinski definition) is 9. The van der Waals surface area contributed by atoms with Gasteiger partial charge in [0.15, 0.2) is 40.2 Å². The van der Waals surface area contributed by atoms with Crippen molar-refractivity contribution in [3.05, 3.63) is 337 Å². The normalized spacial score (nSPS) is 11.3. The molecule has 0 aliphatic carbocycles. The quantitative estimate of drug-likeness (QED) is 0.0547. The van der Waals surface area contributed by atoms with Gasteiger partial charge in [-0.1, -0.05) is 231 Å². The van der Waals surface area contributed by atoms with Crippen LogP contribution in [0.3, 0.4) is 0 Å². The fraction of sp³-hybridized carbons (Fsp3) is 0.0549. The number of para-hydroxylation sites is 6. The van der Waals surface area contributed by atoms with E-state index in [1.807, 2.05) is 263 Å². The van der Waals surface area contributed by atoms with Gasteiger partial charge >= 0.3 is 0 Å². The van der Waals surface area contributed by atoms with Gasteiger partial charge in [-0.25, -0.2) is 0 Å². The molecule has 0 bridgehead atoms. The van der Waals surface area contributed by atoms with E-state index < -0.39 is 0 Å². The average Bonchev–Trinajstić information content (AvgIpc) is 0.718. The lowest BCUT2D eigenvalue weighted by Crippen LogP contribution is -2.07. The molecule has 0 N–H and O–H groups in total. The Labute approximate surface area is 590 Å². The number of aryl methyl sites for hydroxylation is 2. The molecule has 0 aliphatic heterocycles.